The monoisotopic (exact) mass is 436 g/mol. The van der Waals surface area contributed by atoms with Gasteiger partial charge in [0.25, 0.3) is 0 Å². The lowest BCUT2D eigenvalue weighted by atomic mass is 9.80. The molecule has 0 fully saturated rings. The molecule has 2 aromatic carbocycles. The average Bonchev–Trinajstić information content (AvgIpc) is 2.72. The van der Waals surface area contributed by atoms with Crippen LogP contribution < -0.4 is 0 Å². The normalized spacial score (nSPS) is 17.4. The van der Waals surface area contributed by atoms with Crippen LogP contribution in [0.15, 0.2) is 48.2 Å². The summed E-state index contributed by atoms with van der Waals surface area (Å²) in [6.07, 6.45) is 0.724. The van der Waals surface area contributed by atoms with Gasteiger partial charge >= 0.3 is 5.97 Å². The second-order valence-electron chi connectivity index (χ2n) is 9.15. The van der Waals surface area contributed by atoms with Gasteiger partial charge in [-0.15, -0.1) is 0 Å². The van der Waals surface area contributed by atoms with Crippen LogP contribution in [0.5, 0.6) is 0 Å². The van der Waals surface area contributed by atoms with Crippen molar-refractivity contribution in [1.29, 1.82) is 0 Å². The van der Waals surface area contributed by atoms with Gasteiger partial charge in [-0.25, -0.2) is 4.79 Å². The van der Waals surface area contributed by atoms with E-state index < -0.39 is 17.2 Å². The van der Waals surface area contributed by atoms with Crippen molar-refractivity contribution in [2.75, 3.05) is 13.7 Å². The molecule has 0 unspecified atom stereocenters. The molecule has 0 radical (unpaired) electrons. The summed E-state index contributed by atoms with van der Waals surface area (Å²) in [5.41, 5.74) is 3.32. The number of hydrogen-bond donors (Lipinski definition) is 0. The number of carbonyl (C=O) groups excluding carboxylic acids is 2. The van der Waals surface area contributed by atoms with Gasteiger partial charge in [0, 0.05) is 7.11 Å². The summed E-state index contributed by atoms with van der Waals surface area (Å²) < 4.78 is 16.7. The molecule has 1 heterocycles. The number of ketones is 1. The highest BCUT2D eigenvalue weighted by atomic mass is 16.6. The molecule has 0 aliphatic carbocycles. The van der Waals surface area contributed by atoms with Gasteiger partial charge in [0.05, 0.1) is 5.57 Å². The Bertz CT molecular complexity index is 1060. The van der Waals surface area contributed by atoms with Gasteiger partial charge in [-0.3, -0.25) is 4.79 Å². The lowest BCUT2D eigenvalue weighted by Gasteiger charge is -2.42. The molecular weight excluding hydrogens is 404 g/mol. The van der Waals surface area contributed by atoms with Gasteiger partial charge in [0.1, 0.15) is 17.8 Å². The minimum Gasteiger partial charge on any atom is -0.425 e. The van der Waals surface area contributed by atoms with E-state index in [1.54, 1.807) is 13.8 Å². The molecule has 5 heteroatoms. The second-order valence-corrected chi connectivity index (χ2v) is 9.15. The smallest absolute Gasteiger partial charge is 0.337 e. The summed E-state index contributed by atoms with van der Waals surface area (Å²) in [5, 5.41) is 0. The number of hydrogen-bond acceptors (Lipinski definition) is 5. The van der Waals surface area contributed by atoms with E-state index in [0.29, 0.717) is 5.57 Å². The maximum Gasteiger partial charge on any atom is 0.337 e. The molecule has 1 aliphatic rings. The van der Waals surface area contributed by atoms with Crippen molar-refractivity contribution in [3.05, 3.63) is 64.9 Å². The second kappa shape index (κ2) is 9.00. The molecule has 0 aromatic heterocycles. The van der Waals surface area contributed by atoms with Crippen molar-refractivity contribution in [1.82, 2.24) is 0 Å². The zero-order valence-corrected chi connectivity index (χ0v) is 20.0. The summed E-state index contributed by atoms with van der Waals surface area (Å²) >= 11 is 0. The number of methoxy groups -OCH3 is 1. The first-order chi connectivity index (χ1) is 15.0. The van der Waals surface area contributed by atoms with Gasteiger partial charge in [-0.1, -0.05) is 48.9 Å². The van der Waals surface area contributed by atoms with Gasteiger partial charge < -0.3 is 14.2 Å². The molecule has 0 amide bonds. The van der Waals surface area contributed by atoms with E-state index in [0.717, 1.165) is 28.7 Å². The summed E-state index contributed by atoms with van der Waals surface area (Å²) in [4.78, 5) is 26.0. The fourth-order valence-corrected chi connectivity index (χ4v) is 4.16. The van der Waals surface area contributed by atoms with E-state index in [1.165, 1.54) is 12.7 Å². The predicted octanol–water partition coefficient (Wildman–Crippen LogP) is 5.28. The maximum atomic E-state index is 13.6. The molecule has 0 saturated carbocycles. The largest absolute Gasteiger partial charge is 0.425 e. The first-order valence-corrected chi connectivity index (χ1v) is 10.9. The Morgan fingerprint density at radius 1 is 0.969 bits per heavy atom. The van der Waals surface area contributed by atoms with Crippen LogP contribution in [0, 0.1) is 6.92 Å². The van der Waals surface area contributed by atoms with E-state index in [2.05, 4.69) is 30.3 Å². The molecular formula is C27H32O5. The van der Waals surface area contributed by atoms with Gasteiger partial charge in [0.15, 0.2) is 11.5 Å². The minimum atomic E-state index is -1.07. The maximum absolute atomic E-state index is 13.6. The molecule has 0 N–H and O–H groups in total. The van der Waals surface area contributed by atoms with E-state index in [9.17, 15) is 9.59 Å². The van der Waals surface area contributed by atoms with Crippen LogP contribution in [0.4, 0.5) is 0 Å². The number of esters is 1. The Morgan fingerprint density at radius 2 is 1.59 bits per heavy atom. The zero-order valence-electron chi connectivity index (χ0n) is 20.0. The van der Waals surface area contributed by atoms with Crippen LogP contribution >= 0.6 is 0 Å². The molecule has 170 valence electrons. The number of carbonyl (C=O) groups is 2. The summed E-state index contributed by atoms with van der Waals surface area (Å²) in [6.45, 7) is 11.0. The quantitative estimate of drug-likeness (QED) is 0.577. The number of benzene rings is 2. The molecule has 0 bridgehead atoms. The van der Waals surface area contributed by atoms with Crippen molar-refractivity contribution >= 4 is 17.3 Å². The lowest BCUT2D eigenvalue weighted by molar-refractivity contribution is -0.167. The highest BCUT2D eigenvalue weighted by molar-refractivity contribution is 6.26. The predicted molar refractivity (Wildman–Crippen MR) is 125 cm³/mol. The van der Waals surface area contributed by atoms with Crippen LogP contribution in [-0.2, 0) is 30.2 Å². The van der Waals surface area contributed by atoms with Crippen LogP contribution in [-0.4, -0.2) is 36.7 Å². The summed E-state index contributed by atoms with van der Waals surface area (Å²) in [7, 11) is 1.42. The first-order valence-electron chi connectivity index (χ1n) is 10.9. The SMILES string of the molecule is CCc1ccc(-c2ccc(C)cc2)cc1C1=C(OC(=O)COC)C(C)(C)OC(C)(C)C1=O. The van der Waals surface area contributed by atoms with Crippen molar-refractivity contribution in [3.8, 4) is 11.1 Å². The molecule has 32 heavy (non-hydrogen) atoms. The van der Waals surface area contributed by atoms with E-state index >= 15 is 0 Å². The van der Waals surface area contributed by atoms with Crippen LogP contribution in [0.25, 0.3) is 16.7 Å². The summed E-state index contributed by atoms with van der Waals surface area (Å²) in [6, 6.07) is 14.4. The van der Waals surface area contributed by atoms with Crippen LogP contribution in [0.1, 0.15) is 51.3 Å². The fourth-order valence-electron chi connectivity index (χ4n) is 4.16. The fraction of sp³-hybridized carbons (Fsp3) is 0.407. The number of Topliss-reactive ketones (excluding diaryl/α,β-unsaturated/α-hetero) is 1. The third kappa shape index (κ3) is 4.69. The highest BCUT2D eigenvalue weighted by Gasteiger charge is 2.48. The van der Waals surface area contributed by atoms with E-state index in [1.807, 2.05) is 39.8 Å². The Kier molecular flexibility index (Phi) is 6.72. The molecule has 5 nitrogen and oxygen atoms in total. The van der Waals surface area contributed by atoms with Crippen LogP contribution in [0.3, 0.4) is 0 Å². The number of rotatable bonds is 6. The lowest BCUT2D eigenvalue weighted by Crippen LogP contribution is -2.50. The molecule has 3 rings (SSSR count). The Hall–Kier alpha value is -2.76. The average molecular weight is 437 g/mol. The van der Waals surface area contributed by atoms with Crippen molar-refractivity contribution in [2.24, 2.45) is 0 Å². The van der Waals surface area contributed by atoms with Crippen molar-refractivity contribution in [3.63, 3.8) is 0 Å². The van der Waals surface area contributed by atoms with Gasteiger partial charge in [-0.2, -0.15) is 0 Å². The number of aryl methyl sites for hydroxylation is 2. The Labute approximate surface area is 190 Å². The van der Waals surface area contributed by atoms with Gasteiger partial charge in [-0.05, 0) is 69.4 Å². The molecule has 0 spiro atoms. The minimum absolute atomic E-state index is 0.214. The molecule has 0 atom stereocenters. The van der Waals surface area contributed by atoms with E-state index in [4.69, 9.17) is 14.2 Å². The first kappa shape index (κ1) is 23.9. The molecule has 1 aliphatic heterocycles. The third-order valence-electron chi connectivity index (χ3n) is 5.68. The highest BCUT2D eigenvalue weighted by Crippen LogP contribution is 2.43. The van der Waals surface area contributed by atoms with Crippen molar-refractivity contribution < 1.29 is 23.8 Å². The Balaban J connectivity index is 2.28. The van der Waals surface area contributed by atoms with Crippen LogP contribution in [0.2, 0.25) is 0 Å². The van der Waals surface area contributed by atoms with E-state index in [-0.39, 0.29) is 18.1 Å². The molecule has 0 saturated heterocycles. The standard InChI is InChI=1S/C27H32O5/c1-8-18-13-14-20(19-11-9-17(2)10-12-19)15-21(18)23-24(29)26(3,4)32-27(5,6)25(23)31-22(28)16-30-7/h9-15H,8,16H2,1-7H3. The van der Waals surface area contributed by atoms with Crippen molar-refractivity contribution in [2.45, 2.75) is 59.2 Å². The zero-order chi connectivity index (χ0) is 23.7. The molecule has 2 aromatic rings. The third-order valence-corrected chi connectivity index (χ3v) is 5.68. The topological polar surface area (TPSA) is 61.8 Å². The van der Waals surface area contributed by atoms with Gasteiger partial charge in [0.2, 0.25) is 0 Å². The Morgan fingerprint density at radius 3 is 2.19 bits per heavy atom. The summed E-state index contributed by atoms with van der Waals surface area (Å²) in [5.74, 6) is -0.565. The number of ether oxygens (including phenoxy) is 3.